The number of pyridine rings is 1. The first-order chi connectivity index (χ1) is 11.6. The second-order valence-corrected chi connectivity index (χ2v) is 6.68. The van der Waals surface area contributed by atoms with Crippen LogP contribution in [-0.2, 0) is 0 Å². The highest BCUT2D eigenvalue weighted by Gasteiger charge is 2.25. The summed E-state index contributed by atoms with van der Waals surface area (Å²) >= 11 is 9.40. The number of hydrogen-bond donors (Lipinski definition) is 0. The van der Waals surface area contributed by atoms with Gasteiger partial charge in [0.2, 0.25) is 0 Å². The van der Waals surface area contributed by atoms with Crippen molar-refractivity contribution in [2.75, 3.05) is 31.1 Å². The summed E-state index contributed by atoms with van der Waals surface area (Å²) in [6.07, 6.45) is 1.68. The normalized spacial score (nSPS) is 14.4. The van der Waals surface area contributed by atoms with Gasteiger partial charge in [-0.15, -0.1) is 0 Å². The van der Waals surface area contributed by atoms with Crippen LogP contribution in [0.25, 0.3) is 0 Å². The zero-order chi connectivity index (χ0) is 17.1. The summed E-state index contributed by atoms with van der Waals surface area (Å²) in [6, 6.07) is 10.9. The third-order valence-electron chi connectivity index (χ3n) is 3.93. The molecule has 1 aliphatic rings. The minimum absolute atomic E-state index is 0.0504. The number of benzene rings is 1. The van der Waals surface area contributed by atoms with Crippen molar-refractivity contribution in [1.82, 2.24) is 9.88 Å². The average Bonchev–Trinajstić information content (AvgIpc) is 2.63. The van der Waals surface area contributed by atoms with Gasteiger partial charge in [-0.25, -0.2) is 4.98 Å². The van der Waals surface area contributed by atoms with Crippen molar-refractivity contribution in [1.29, 1.82) is 5.26 Å². The second-order valence-electron chi connectivity index (χ2n) is 5.39. The number of piperazine rings is 1. The molecule has 0 aliphatic carbocycles. The number of carbonyl (C=O) groups excluding carboxylic acids is 1. The van der Waals surface area contributed by atoms with Crippen LogP contribution in [0.15, 0.2) is 41.0 Å². The Kier molecular flexibility index (Phi) is 5.03. The fraction of sp³-hybridized carbons (Fsp3) is 0.235. The maximum atomic E-state index is 12.7. The Morgan fingerprint density at radius 1 is 1.25 bits per heavy atom. The van der Waals surface area contributed by atoms with E-state index in [4.69, 9.17) is 11.6 Å². The number of nitriles is 1. The van der Waals surface area contributed by atoms with Gasteiger partial charge in [0.05, 0.1) is 11.1 Å². The van der Waals surface area contributed by atoms with Gasteiger partial charge >= 0.3 is 0 Å². The summed E-state index contributed by atoms with van der Waals surface area (Å²) in [6.45, 7) is 2.41. The van der Waals surface area contributed by atoms with Gasteiger partial charge in [-0.1, -0.05) is 11.6 Å². The van der Waals surface area contributed by atoms with Gasteiger partial charge in [-0.3, -0.25) is 4.79 Å². The Morgan fingerprint density at radius 3 is 2.71 bits per heavy atom. The summed E-state index contributed by atoms with van der Waals surface area (Å²) in [5.41, 5.74) is 1.11. The molecule has 0 unspecified atom stereocenters. The lowest BCUT2D eigenvalue weighted by molar-refractivity contribution is 0.0745. The third-order valence-corrected chi connectivity index (χ3v) is 4.86. The van der Waals surface area contributed by atoms with Crippen LogP contribution in [-0.4, -0.2) is 42.0 Å². The Balaban J connectivity index is 1.72. The van der Waals surface area contributed by atoms with Crippen LogP contribution in [0.5, 0.6) is 0 Å². The summed E-state index contributed by atoms with van der Waals surface area (Å²) in [5, 5.41) is 9.73. The summed E-state index contributed by atoms with van der Waals surface area (Å²) in [4.78, 5) is 20.8. The van der Waals surface area contributed by atoms with E-state index in [1.807, 2.05) is 4.90 Å². The van der Waals surface area contributed by atoms with Gasteiger partial charge in [0, 0.05) is 41.9 Å². The Morgan fingerprint density at radius 2 is 2.00 bits per heavy atom. The van der Waals surface area contributed by atoms with Crippen LogP contribution in [0.1, 0.15) is 15.9 Å². The van der Waals surface area contributed by atoms with Gasteiger partial charge in [0.1, 0.15) is 11.9 Å². The van der Waals surface area contributed by atoms with Gasteiger partial charge in [0.15, 0.2) is 0 Å². The Bertz CT molecular complexity index is 812. The molecule has 0 N–H and O–H groups in total. The zero-order valence-electron chi connectivity index (χ0n) is 12.7. The molecule has 1 aromatic carbocycles. The molecule has 3 rings (SSSR count). The van der Waals surface area contributed by atoms with Crippen molar-refractivity contribution >= 4 is 39.3 Å². The Hall–Kier alpha value is -2.10. The van der Waals surface area contributed by atoms with E-state index in [2.05, 4.69) is 27.0 Å². The molecule has 0 radical (unpaired) electrons. The van der Waals surface area contributed by atoms with E-state index in [1.165, 1.54) is 0 Å². The van der Waals surface area contributed by atoms with Crippen LogP contribution in [0, 0.1) is 11.3 Å². The van der Waals surface area contributed by atoms with Gasteiger partial charge in [0.25, 0.3) is 5.91 Å². The third kappa shape index (κ3) is 3.37. The molecule has 1 amide bonds. The lowest BCUT2D eigenvalue weighted by Crippen LogP contribution is -2.49. The summed E-state index contributed by atoms with van der Waals surface area (Å²) in [7, 11) is 0. The molecule has 122 valence electrons. The first-order valence-corrected chi connectivity index (χ1v) is 8.61. The van der Waals surface area contributed by atoms with Crippen molar-refractivity contribution in [2.24, 2.45) is 0 Å². The first kappa shape index (κ1) is 16.7. The molecule has 5 nitrogen and oxygen atoms in total. The highest BCUT2D eigenvalue weighted by molar-refractivity contribution is 9.10. The fourth-order valence-electron chi connectivity index (χ4n) is 2.69. The van der Waals surface area contributed by atoms with Gasteiger partial charge < -0.3 is 9.80 Å². The minimum Gasteiger partial charge on any atom is -0.352 e. The minimum atomic E-state index is -0.0504. The van der Waals surface area contributed by atoms with E-state index in [0.717, 1.165) is 4.47 Å². The molecular formula is C17H14BrClN4O. The van der Waals surface area contributed by atoms with Crippen molar-refractivity contribution in [3.63, 3.8) is 0 Å². The van der Waals surface area contributed by atoms with Crippen molar-refractivity contribution < 1.29 is 4.79 Å². The molecule has 7 heteroatoms. The molecule has 0 saturated carbocycles. The zero-order valence-corrected chi connectivity index (χ0v) is 15.1. The molecule has 1 aromatic heterocycles. The van der Waals surface area contributed by atoms with Crippen molar-refractivity contribution in [3.8, 4) is 6.07 Å². The van der Waals surface area contributed by atoms with E-state index in [0.29, 0.717) is 48.1 Å². The maximum absolute atomic E-state index is 12.7. The quantitative estimate of drug-likeness (QED) is 0.769. The van der Waals surface area contributed by atoms with Crippen LogP contribution >= 0.6 is 27.5 Å². The molecular weight excluding hydrogens is 392 g/mol. The predicted molar refractivity (Wildman–Crippen MR) is 96.2 cm³/mol. The number of aromatic nitrogens is 1. The van der Waals surface area contributed by atoms with E-state index in [9.17, 15) is 10.1 Å². The molecule has 0 spiro atoms. The molecule has 1 fully saturated rings. The number of rotatable bonds is 2. The molecule has 24 heavy (non-hydrogen) atoms. The molecule has 0 bridgehead atoms. The lowest BCUT2D eigenvalue weighted by Gasteiger charge is -2.35. The summed E-state index contributed by atoms with van der Waals surface area (Å²) < 4.78 is 0.732. The molecule has 1 aliphatic heterocycles. The standard InChI is InChI=1S/C17H14BrClN4O/c18-15-4-3-13(19)10-14(15)17(24)23-8-6-22(7-9-23)16-12(11-20)2-1-5-21-16/h1-5,10H,6-9H2. The highest BCUT2D eigenvalue weighted by atomic mass is 79.9. The van der Waals surface area contributed by atoms with Crippen molar-refractivity contribution in [2.45, 2.75) is 0 Å². The average molecular weight is 406 g/mol. The monoisotopic (exact) mass is 404 g/mol. The molecule has 2 aromatic rings. The number of halogens is 2. The number of carbonyl (C=O) groups is 1. The van der Waals surface area contributed by atoms with Crippen LogP contribution < -0.4 is 4.90 Å². The van der Waals surface area contributed by atoms with Crippen LogP contribution in [0.2, 0.25) is 5.02 Å². The first-order valence-electron chi connectivity index (χ1n) is 7.44. The predicted octanol–water partition coefficient (Wildman–Crippen LogP) is 3.33. The Labute approximate surface area is 153 Å². The van der Waals surface area contributed by atoms with E-state index >= 15 is 0 Å². The molecule has 2 heterocycles. The van der Waals surface area contributed by atoms with Gasteiger partial charge in [-0.05, 0) is 46.3 Å². The number of anilines is 1. The topological polar surface area (TPSA) is 60.2 Å². The SMILES string of the molecule is N#Cc1cccnc1N1CCN(C(=O)c2cc(Cl)ccc2Br)CC1. The second kappa shape index (κ2) is 7.20. The molecule has 1 saturated heterocycles. The van der Waals surface area contributed by atoms with Crippen molar-refractivity contribution in [3.05, 3.63) is 57.2 Å². The van der Waals surface area contributed by atoms with Crippen LogP contribution in [0.4, 0.5) is 5.82 Å². The van der Waals surface area contributed by atoms with E-state index < -0.39 is 0 Å². The van der Waals surface area contributed by atoms with Gasteiger partial charge in [-0.2, -0.15) is 5.26 Å². The fourth-order valence-corrected chi connectivity index (χ4v) is 3.28. The number of hydrogen-bond acceptors (Lipinski definition) is 4. The van der Waals surface area contributed by atoms with Crippen LogP contribution in [0.3, 0.4) is 0 Å². The largest absolute Gasteiger partial charge is 0.352 e. The number of nitrogens with zero attached hydrogens (tertiary/aromatic N) is 4. The lowest BCUT2D eigenvalue weighted by atomic mass is 10.1. The van der Waals surface area contributed by atoms with E-state index in [-0.39, 0.29) is 5.91 Å². The highest BCUT2D eigenvalue weighted by Crippen LogP contribution is 2.24. The number of amides is 1. The summed E-state index contributed by atoms with van der Waals surface area (Å²) in [5.74, 6) is 0.626. The smallest absolute Gasteiger partial charge is 0.255 e. The van der Waals surface area contributed by atoms with E-state index in [1.54, 1.807) is 41.4 Å². The molecule has 0 atom stereocenters. The maximum Gasteiger partial charge on any atom is 0.255 e.